The molecule has 1 aliphatic rings. The summed E-state index contributed by atoms with van der Waals surface area (Å²) in [5, 5.41) is 2.31. The zero-order chi connectivity index (χ0) is 20.4. The minimum Gasteiger partial charge on any atom is -0.478 e. The molecule has 0 saturated carbocycles. The number of rotatable bonds is 6. The van der Waals surface area contributed by atoms with E-state index in [9.17, 15) is 4.79 Å². The Morgan fingerprint density at radius 3 is 2.72 bits per heavy atom. The lowest BCUT2D eigenvalue weighted by molar-refractivity contribution is 0.0968. The summed E-state index contributed by atoms with van der Waals surface area (Å²) >= 11 is 12.3. The molecule has 4 rings (SSSR count). The predicted octanol–water partition coefficient (Wildman–Crippen LogP) is 5.84. The van der Waals surface area contributed by atoms with E-state index in [2.05, 4.69) is 11.8 Å². The van der Waals surface area contributed by atoms with E-state index in [4.69, 9.17) is 32.4 Å². The summed E-state index contributed by atoms with van der Waals surface area (Å²) in [6.07, 6.45) is 3.78. The molecular weight excluding hydrogens is 409 g/mol. The van der Waals surface area contributed by atoms with E-state index < -0.39 is 0 Å². The molecule has 1 aromatic heterocycles. The zero-order valence-corrected chi connectivity index (χ0v) is 17.9. The summed E-state index contributed by atoms with van der Waals surface area (Å²) in [4.78, 5) is 14.3. The Balaban J connectivity index is 1.59. The molecule has 0 amide bonds. The second-order valence-electron chi connectivity index (χ2n) is 7.42. The molecule has 4 nitrogen and oxygen atoms in total. The third-order valence-corrected chi connectivity index (χ3v) is 5.94. The molecule has 2 heterocycles. The highest BCUT2D eigenvalue weighted by atomic mass is 35.5. The fraction of sp³-hybridized carbons (Fsp3) is 0.348. The molecule has 0 atom stereocenters. The SMILES string of the molecule is CCCCc1cc(=O)oc2c3c(ccc12)OCN(CCc1ccc(Cl)cc1Cl)C3. The Bertz CT molecular complexity index is 1090. The molecule has 0 radical (unpaired) electrons. The first kappa shape index (κ1) is 20.3. The Kier molecular flexibility index (Phi) is 6.14. The maximum atomic E-state index is 12.2. The molecule has 2 aromatic carbocycles. The smallest absolute Gasteiger partial charge is 0.336 e. The van der Waals surface area contributed by atoms with Crippen LogP contribution in [0.15, 0.2) is 45.6 Å². The molecule has 1 aliphatic heterocycles. The van der Waals surface area contributed by atoms with Gasteiger partial charge in [0.1, 0.15) is 18.1 Å². The van der Waals surface area contributed by atoms with E-state index in [1.54, 1.807) is 12.1 Å². The van der Waals surface area contributed by atoms with Crippen molar-refractivity contribution < 1.29 is 9.15 Å². The van der Waals surface area contributed by atoms with Crippen molar-refractivity contribution in [3.8, 4) is 5.75 Å². The highest BCUT2D eigenvalue weighted by Crippen LogP contribution is 2.33. The van der Waals surface area contributed by atoms with Crippen LogP contribution in [0.4, 0.5) is 0 Å². The van der Waals surface area contributed by atoms with Gasteiger partial charge in [-0.25, -0.2) is 4.79 Å². The largest absolute Gasteiger partial charge is 0.478 e. The van der Waals surface area contributed by atoms with Crippen LogP contribution < -0.4 is 10.4 Å². The van der Waals surface area contributed by atoms with Gasteiger partial charge in [0.25, 0.3) is 0 Å². The summed E-state index contributed by atoms with van der Waals surface area (Å²) in [5.41, 5.74) is 3.38. The van der Waals surface area contributed by atoms with Gasteiger partial charge < -0.3 is 9.15 Å². The number of ether oxygens (including phenoxy) is 1. The van der Waals surface area contributed by atoms with Crippen molar-refractivity contribution in [2.75, 3.05) is 13.3 Å². The van der Waals surface area contributed by atoms with Gasteiger partial charge in [-0.3, -0.25) is 4.90 Å². The first-order chi connectivity index (χ1) is 14.0. The van der Waals surface area contributed by atoms with Gasteiger partial charge in [-0.05, 0) is 54.7 Å². The third kappa shape index (κ3) is 4.45. The van der Waals surface area contributed by atoms with Gasteiger partial charge in [0.05, 0.1) is 5.56 Å². The van der Waals surface area contributed by atoms with Crippen LogP contribution in [0.5, 0.6) is 5.75 Å². The molecule has 0 saturated heterocycles. The van der Waals surface area contributed by atoms with Crippen molar-refractivity contribution in [1.82, 2.24) is 4.90 Å². The number of halogens is 2. The van der Waals surface area contributed by atoms with Crippen LogP contribution in [0.25, 0.3) is 11.0 Å². The van der Waals surface area contributed by atoms with Crippen LogP contribution in [-0.4, -0.2) is 18.2 Å². The van der Waals surface area contributed by atoms with Crippen LogP contribution in [0.1, 0.15) is 36.5 Å². The standard InChI is InChI=1S/C23H23Cl2NO3/c1-2-3-4-16-11-22(27)29-23-18(16)7-8-21-19(23)13-26(14-28-21)10-9-15-5-6-17(24)12-20(15)25/h5-8,11-12H,2-4,9-10,13-14H2,1H3. The van der Waals surface area contributed by atoms with Gasteiger partial charge in [-0.15, -0.1) is 0 Å². The molecule has 0 unspecified atom stereocenters. The van der Waals surface area contributed by atoms with Crippen molar-refractivity contribution >= 4 is 34.2 Å². The Labute approximate surface area is 180 Å². The van der Waals surface area contributed by atoms with E-state index in [1.807, 2.05) is 24.3 Å². The summed E-state index contributed by atoms with van der Waals surface area (Å²) in [6.45, 7) is 4.08. The van der Waals surface area contributed by atoms with Crippen molar-refractivity contribution in [2.24, 2.45) is 0 Å². The van der Waals surface area contributed by atoms with Crippen molar-refractivity contribution in [3.05, 3.63) is 73.6 Å². The fourth-order valence-corrected chi connectivity index (χ4v) is 4.27. The van der Waals surface area contributed by atoms with Crippen molar-refractivity contribution in [1.29, 1.82) is 0 Å². The fourth-order valence-electron chi connectivity index (χ4n) is 3.76. The molecule has 0 bridgehead atoms. The Hall–Kier alpha value is -2.01. The summed E-state index contributed by atoms with van der Waals surface area (Å²) < 4.78 is 11.6. The van der Waals surface area contributed by atoms with Gasteiger partial charge in [-0.2, -0.15) is 0 Å². The number of aryl methyl sites for hydroxylation is 1. The average Bonchev–Trinajstić information content (AvgIpc) is 2.71. The number of hydrogen-bond donors (Lipinski definition) is 0. The zero-order valence-electron chi connectivity index (χ0n) is 16.3. The molecule has 0 fully saturated rings. The Morgan fingerprint density at radius 2 is 1.93 bits per heavy atom. The van der Waals surface area contributed by atoms with Gasteiger partial charge in [0.2, 0.25) is 0 Å². The minimum absolute atomic E-state index is 0.304. The summed E-state index contributed by atoms with van der Waals surface area (Å²) in [7, 11) is 0. The van der Waals surface area contributed by atoms with Crippen LogP contribution in [0, 0.1) is 0 Å². The number of unbranched alkanes of at least 4 members (excludes halogenated alkanes) is 1. The van der Waals surface area contributed by atoms with Gasteiger partial charge in [-0.1, -0.05) is 42.6 Å². The number of benzene rings is 2. The van der Waals surface area contributed by atoms with E-state index in [0.717, 1.165) is 60.1 Å². The van der Waals surface area contributed by atoms with Crippen molar-refractivity contribution in [3.63, 3.8) is 0 Å². The monoisotopic (exact) mass is 431 g/mol. The number of fused-ring (bicyclic) bond motifs is 3. The van der Waals surface area contributed by atoms with Crippen molar-refractivity contribution in [2.45, 2.75) is 39.2 Å². The topological polar surface area (TPSA) is 42.7 Å². The molecule has 152 valence electrons. The van der Waals surface area contributed by atoms with Gasteiger partial charge in [0.15, 0.2) is 0 Å². The maximum Gasteiger partial charge on any atom is 0.336 e. The maximum absolute atomic E-state index is 12.2. The first-order valence-electron chi connectivity index (χ1n) is 9.93. The molecule has 0 spiro atoms. The normalized spacial score (nSPS) is 14.0. The van der Waals surface area contributed by atoms with E-state index in [-0.39, 0.29) is 5.63 Å². The lowest BCUT2D eigenvalue weighted by Gasteiger charge is -2.29. The second kappa shape index (κ2) is 8.78. The van der Waals surface area contributed by atoms with E-state index in [1.165, 1.54) is 0 Å². The highest BCUT2D eigenvalue weighted by Gasteiger charge is 2.22. The predicted molar refractivity (Wildman–Crippen MR) is 117 cm³/mol. The lowest BCUT2D eigenvalue weighted by Crippen LogP contribution is -2.33. The number of nitrogens with zero attached hydrogens (tertiary/aromatic N) is 1. The molecule has 29 heavy (non-hydrogen) atoms. The Morgan fingerprint density at radius 1 is 1.07 bits per heavy atom. The second-order valence-corrected chi connectivity index (χ2v) is 8.27. The van der Waals surface area contributed by atoms with Crippen LogP contribution in [-0.2, 0) is 19.4 Å². The number of hydrogen-bond acceptors (Lipinski definition) is 4. The molecule has 3 aromatic rings. The van der Waals surface area contributed by atoms with Crippen LogP contribution in [0.2, 0.25) is 10.0 Å². The first-order valence-corrected chi connectivity index (χ1v) is 10.7. The summed E-state index contributed by atoms with van der Waals surface area (Å²) in [5.74, 6) is 0.786. The third-order valence-electron chi connectivity index (χ3n) is 5.35. The quantitative estimate of drug-likeness (QED) is 0.459. The van der Waals surface area contributed by atoms with Gasteiger partial charge in [0, 0.05) is 34.6 Å². The highest BCUT2D eigenvalue weighted by molar-refractivity contribution is 6.35. The van der Waals surface area contributed by atoms with Crippen LogP contribution >= 0.6 is 23.2 Å². The molecular formula is C23H23Cl2NO3. The summed E-state index contributed by atoms with van der Waals surface area (Å²) in [6, 6.07) is 11.2. The molecule has 6 heteroatoms. The van der Waals surface area contributed by atoms with E-state index in [0.29, 0.717) is 28.9 Å². The average molecular weight is 432 g/mol. The minimum atomic E-state index is -0.304. The van der Waals surface area contributed by atoms with Crippen LogP contribution in [0.3, 0.4) is 0 Å². The lowest BCUT2D eigenvalue weighted by atomic mass is 10.0. The molecule has 0 aliphatic carbocycles. The molecule has 0 N–H and O–H groups in total. The van der Waals surface area contributed by atoms with Gasteiger partial charge >= 0.3 is 5.63 Å². The van der Waals surface area contributed by atoms with E-state index >= 15 is 0 Å².